The Balaban J connectivity index is 3.02. The largest absolute Gasteiger partial charge is 0.449 e. The van der Waals surface area contributed by atoms with Gasteiger partial charge in [-0.25, -0.2) is 0 Å². The van der Waals surface area contributed by atoms with Crippen LogP contribution in [-0.4, -0.2) is 35.7 Å². The highest BCUT2D eigenvalue weighted by atomic mass is 16.6. The van der Waals surface area contributed by atoms with Crippen LogP contribution in [0.5, 0.6) is 0 Å². The molecular formula is C16H22O6. The van der Waals surface area contributed by atoms with Crippen LogP contribution in [0.2, 0.25) is 0 Å². The van der Waals surface area contributed by atoms with E-state index in [4.69, 9.17) is 9.47 Å². The summed E-state index contributed by atoms with van der Waals surface area (Å²) in [6, 6.07) is 0. The van der Waals surface area contributed by atoms with Crippen molar-refractivity contribution < 1.29 is 28.7 Å². The molecule has 2 atom stereocenters. The van der Waals surface area contributed by atoms with Crippen LogP contribution in [-0.2, 0) is 28.7 Å². The van der Waals surface area contributed by atoms with E-state index >= 15 is 0 Å². The van der Waals surface area contributed by atoms with Crippen LogP contribution in [0.4, 0.5) is 0 Å². The first-order valence-electron chi connectivity index (χ1n) is 7.02. The smallest absolute Gasteiger partial charge is 0.312 e. The third-order valence-corrected chi connectivity index (χ3v) is 2.94. The SMILES string of the molecule is CC(C)(C)C(=O)O[C@H]1C(=O)C=CC(=O)[C@@H]1OC(=O)C(C)(C)C. The fourth-order valence-corrected chi connectivity index (χ4v) is 1.48. The first-order valence-corrected chi connectivity index (χ1v) is 7.02. The van der Waals surface area contributed by atoms with Gasteiger partial charge in [0, 0.05) is 0 Å². The van der Waals surface area contributed by atoms with Gasteiger partial charge in [-0.3, -0.25) is 19.2 Å². The summed E-state index contributed by atoms with van der Waals surface area (Å²) in [6.07, 6.45) is -0.805. The molecule has 6 nitrogen and oxygen atoms in total. The number of esters is 2. The van der Waals surface area contributed by atoms with Crippen LogP contribution in [0, 0.1) is 10.8 Å². The van der Waals surface area contributed by atoms with E-state index in [0.717, 1.165) is 12.2 Å². The summed E-state index contributed by atoms with van der Waals surface area (Å²) in [6.45, 7) is 9.73. The van der Waals surface area contributed by atoms with Gasteiger partial charge in [-0.05, 0) is 53.7 Å². The standard InChI is InChI=1S/C16H22O6/c1-15(2,3)13(19)21-11-9(17)7-8-10(18)12(11)22-14(20)16(4,5)6/h7-8,11-12H,1-6H3/t11-,12-/m0/s1. The van der Waals surface area contributed by atoms with Gasteiger partial charge in [0.15, 0.2) is 0 Å². The number of rotatable bonds is 2. The predicted octanol–water partition coefficient (Wildman–Crippen LogP) is 1.61. The zero-order valence-electron chi connectivity index (χ0n) is 13.8. The maximum atomic E-state index is 12.0. The lowest BCUT2D eigenvalue weighted by molar-refractivity contribution is -0.181. The van der Waals surface area contributed by atoms with Crippen molar-refractivity contribution in [2.24, 2.45) is 10.8 Å². The molecule has 1 rings (SSSR count). The lowest BCUT2D eigenvalue weighted by Crippen LogP contribution is -2.49. The van der Waals surface area contributed by atoms with Gasteiger partial charge >= 0.3 is 11.9 Å². The molecule has 0 aliphatic heterocycles. The highest BCUT2D eigenvalue weighted by Crippen LogP contribution is 2.23. The average Bonchev–Trinajstić information content (AvgIpc) is 2.35. The Morgan fingerprint density at radius 3 is 1.27 bits per heavy atom. The van der Waals surface area contributed by atoms with Gasteiger partial charge in [-0.2, -0.15) is 0 Å². The second kappa shape index (κ2) is 6.02. The van der Waals surface area contributed by atoms with Gasteiger partial charge in [0.2, 0.25) is 23.8 Å². The van der Waals surface area contributed by atoms with Gasteiger partial charge in [0.1, 0.15) is 0 Å². The first kappa shape index (κ1) is 18.1. The van der Waals surface area contributed by atoms with Crippen molar-refractivity contribution in [2.75, 3.05) is 0 Å². The molecule has 0 amide bonds. The first-order chi connectivity index (χ1) is 9.84. The summed E-state index contributed by atoms with van der Waals surface area (Å²) >= 11 is 0. The quantitative estimate of drug-likeness (QED) is 0.720. The zero-order valence-corrected chi connectivity index (χ0v) is 13.8. The Morgan fingerprint density at radius 1 is 0.773 bits per heavy atom. The molecule has 0 N–H and O–H groups in total. The highest BCUT2D eigenvalue weighted by Gasteiger charge is 2.43. The van der Waals surface area contributed by atoms with Gasteiger partial charge in [-0.15, -0.1) is 0 Å². The van der Waals surface area contributed by atoms with Crippen LogP contribution >= 0.6 is 0 Å². The van der Waals surface area contributed by atoms with Crippen molar-refractivity contribution >= 4 is 23.5 Å². The van der Waals surface area contributed by atoms with Gasteiger partial charge in [0.25, 0.3) is 0 Å². The lowest BCUT2D eigenvalue weighted by atomic mass is 9.94. The molecule has 0 bridgehead atoms. The summed E-state index contributed by atoms with van der Waals surface area (Å²) in [5, 5.41) is 0. The maximum Gasteiger partial charge on any atom is 0.312 e. The monoisotopic (exact) mass is 310 g/mol. The van der Waals surface area contributed by atoms with Crippen LogP contribution in [0.15, 0.2) is 12.2 Å². The Labute approximate surface area is 129 Å². The molecule has 0 unspecified atom stereocenters. The minimum atomic E-state index is -1.43. The van der Waals surface area contributed by atoms with Gasteiger partial charge < -0.3 is 9.47 Å². The third kappa shape index (κ3) is 4.26. The lowest BCUT2D eigenvalue weighted by Gasteiger charge is -2.30. The molecule has 0 spiro atoms. The van der Waals surface area contributed by atoms with Crippen LogP contribution < -0.4 is 0 Å². The van der Waals surface area contributed by atoms with E-state index < -0.39 is 46.5 Å². The summed E-state index contributed by atoms with van der Waals surface area (Å²) < 4.78 is 10.3. The summed E-state index contributed by atoms with van der Waals surface area (Å²) in [5.41, 5.74) is -1.69. The molecular weight excluding hydrogens is 288 g/mol. The predicted molar refractivity (Wildman–Crippen MR) is 77.8 cm³/mol. The Morgan fingerprint density at radius 2 is 1.05 bits per heavy atom. The normalized spacial score (nSPS) is 22.5. The topological polar surface area (TPSA) is 86.7 Å². The molecule has 1 aliphatic carbocycles. The highest BCUT2D eigenvalue weighted by molar-refractivity contribution is 6.11. The van der Waals surface area contributed by atoms with E-state index in [9.17, 15) is 19.2 Å². The van der Waals surface area contributed by atoms with Crippen molar-refractivity contribution in [1.82, 2.24) is 0 Å². The average molecular weight is 310 g/mol. The van der Waals surface area contributed by atoms with Crippen molar-refractivity contribution in [3.63, 3.8) is 0 Å². The Bertz CT molecular complexity index is 482. The van der Waals surface area contributed by atoms with E-state index in [-0.39, 0.29) is 0 Å². The number of ether oxygens (including phenoxy) is 2. The second-order valence-electron chi connectivity index (χ2n) is 7.29. The van der Waals surface area contributed by atoms with Gasteiger partial charge in [0.05, 0.1) is 10.8 Å². The van der Waals surface area contributed by atoms with E-state index in [1.54, 1.807) is 41.5 Å². The number of ketones is 2. The van der Waals surface area contributed by atoms with E-state index in [0.29, 0.717) is 0 Å². The zero-order chi connectivity index (χ0) is 17.3. The molecule has 0 aromatic carbocycles. The Kier molecular flexibility index (Phi) is 4.95. The van der Waals surface area contributed by atoms with Crippen molar-refractivity contribution in [3.05, 3.63) is 12.2 Å². The van der Waals surface area contributed by atoms with Gasteiger partial charge in [-0.1, -0.05) is 0 Å². The Hall–Kier alpha value is -1.98. The van der Waals surface area contributed by atoms with Crippen LogP contribution in [0.3, 0.4) is 0 Å². The van der Waals surface area contributed by atoms with Crippen molar-refractivity contribution in [3.8, 4) is 0 Å². The second-order valence-corrected chi connectivity index (χ2v) is 7.29. The minimum Gasteiger partial charge on any atom is -0.449 e. The molecule has 0 saturated heterocycles. The molecule has 22 heavy (non-hydrogen) atoms. The molecule has 6 heteroatoms. The maximum absolute atomic E-state index is 12.0. The molecule has 1 aliphatic rings. The fraction of sp³-hybridized carbons (Fsp3) is 0.625. The number of hydrogen-bond acceptors (Lipinski definition) is 6. The van der Waals surface area contributed by atoms with E-state index in [1.165, 1.54) is 0 Å². The van der Waals surface area contributed by atoms with E-state index in [2.05, 4.69) is 0 Å². The molecule has 122 valence electrons. The third-order valence-electron chi connectivity index (χ3n) is 2.94. The van der Waals surface area contributed by atoms with Crippen LogP contribution in [0.1, 0.15) is 41.5 Å². The fourth-order valence-electron chi connectivity index (χ4n) is 1.48. The summed E-state index contributed by atoms with van der Waals surface area (Å²) in [7, 11) is 0. The molecule has 0 radical (unpaired) electrons. The molecule has 0 saturated carbocycles. The number of carbonyl (C=O) groups is 4. The minimum absolute atomic E-state index is 0.580. The number of carbonyl (C=O) groups excluding carboxylic acids is 4. The molecule has 0 aromatic rings. The van der Waals surface area contributed by atoms with Crippen LogP contribution in [0.25, 0.3) is 0 Å². The van der Waals surface area contributed by atoms with Crippen molar-refractivity contribution in [2.45, 2.75) is 53.8 Å². The molecule has 0 fully saturated rings. The molecule has 0 aromatic heterocycles. The van der Waals surface area contributed by atoms with E-state index in [1.807, 2.05) is 0 Å². The van der Waals surface area contributed by atoms with Crippen molar-refractivity contribution in [1.29, 1.82) is 0 Å². The summed E-state index contributed by atoms with van der Waals surface area (Å²) in [4.78, 5) is 47.8. The summed E-state index contributed by atoms with van der Waals surface area (Å²) in [5.74, 6) is -2.45. The number of hydrogen-bond donors (Lipinski definition) is 0. The molecule has 0 heterocycles.